The first-order valence-electron chi connectivity index (χ1n) is 24.3. The number of nitrogens with zero attached hydrogens (tertiary/aromatic N) is 1. The van der Waals surface area contributed by atoms with Gasteiger partial charge in [-0.1, -0.05) is 97.8 Å². The van der Waals surface area contributed by atoms with E-state index in [1.54, 1.807) is 116 Å². The van der Waals surface area contributed by atoms with Crippen LogP contribution >= 0.6 is 0 Å². The summed E-state index contributed by atoms with van der Waals surface area (Å²) in [6.07, 6.45) is 0.283. The molecule has 0 spiro atoms. The minimum absolute atomic E-state index is 0.0392. The van der Waals surface area contributed by atoms with Crippen LogP contribution in [-0.4, -0.2) is 66.8 Å². The molecule has 0 saturated carbocycles. The number of Topliss-reactive ketones (excluding diaryl/α,β-unsaturated/α-hetero) is 1. The minimum atomic E-state index is -1.17. The first-order valence-corrected chi connectivity index (χ1v) is 24.3. The topological polar surface area (TPSA) is 161 Å². The van der Waals surface area contributed by atoms with Crippen LogP contribution in [-0.2, 0) is 11.2 Å². The second-order valence-electron chi connectivity index (χ2n) is 17.6. The maximum Gasteiger partial charge on any atom is 0.343 e. The van der Waals surface area contributed by atoms with Gasteiger partial charge in [-0.3, -0.25) is 9.59 Å². The Bertz CT molecular complexity index is 3100. The highest BCUT2D eigenvalue weighted by Gasteiger charge is 2.33. The Morgan fingerprint density at radius 3 is 1.45 bits per heavy atom. The Morgan fingerprint density at radius 2 is 0.932 bits per heavy atom. The molecule has 0 aliphatic rings. The number of rotatable bonds is 21. The number of carbonyl (C=O) groups excluding carboxylic acids is 6. The standard InChI is InChI=1S/C61H57NO12/c1-7-34-69-48-27-22-45(23-28-48)59(66)71-50-31-26-47(36-54(63)42-18-14-39(3)15-19-42)52(37-50)57(64)62(6)41(5)56(43-12-10-9-11-13-43)74-61(68)53-38-51(72-58(65)44-20-16-40(4)17-21-44)32-33-55(53)73-60(67)46-24-29-49(30-25-46)70-35-8-2/h9-33,37-38,41,56H,7-8,34-36H2,1-6H3/t41-,56-/m1/s1. The number of aryl methyl sites for hydroxylation is 2. The van der Waals surface area contributed by atoms with Gasteiger partial charge in [-0.15, -0.1) is 0 Å². The Balaban J connectivity index is 1.20. The van der Waals surface area contributed by atoms with Crippen molar-refractivity contribution in [1.29, 1.82) is 0 Å². The van der Waals surface area contributed by atoms with Crippen molar-refractivity contribution in [2.45, 2.75) is 66.0 Å². The van der Waals surface area contributed by atoms with Crippen LogP contribution in [0.5, 0.6) is 28.7 Å². The quantitative estimate of drug-likeness (QED) is 0.0381. The summed E-state index contributed by atoms with van der Waals surface area (Å²) in [7, 11) is 1.53. The first kappa shape index (κ1) is 53.0. The molecule has 378 valence electrons. The van der Waals surface area contributed by atoms with Gasteiger partial charge >= 0.3 is 23.9 Å². The van der Waals surface area contributed by atoms with Gasteiger partial charge in [0.1, 0.15) is 40.4 Å². The van der Waals surface area contributed by atoms with E-state index in [1.165, 1.54) is 54.4 Å². The van der Waals surface area contributed by atoms with E-state index in [1.807, 2.05) is 39.8 Å². The summed E-state index contributed by atoms with van der Waals surface area (Å²) in [5.41, 5.74) is 3.71. The van der Waals surface area contributed by atoms with Gasteiger partial charge in [0.25, 0.3) is 5.91 Å². The maximum absolute atomic E-state index is 15.0. The number of ether oxygens (including phenoxy) is 6. The van der Waals surface area contributed by atoms with Crippen LogP contribution in [0.4, 0.5) is 0 Å². The number of ketones is 1. The van der Waals surface area contributed by atoms with Crippen LogP contribution < -0.4 is 23.7 Å². The molecule has 7 aromatic rings. The number of likely N-dealkylation sites (N-methyl/N-ethyl adjacent to an activating group) is 1. The highest BCUT2D eigenvalue weighted by Crippen LogP contribution is 2.33. The number of amides is 1. The zero-order chi connectivity index (χ0) is 52.7. The molecule has 13 nitrogen and oxygen atoms in total. The van der Waals surface area contributed by atoms with Crippen molar-refractivity contribution in [3.05, 3.63) is 219 Å². The highest BCUT2D eigenvalue weighted by atomic mass is 16.6. The van der Waals surface area contributed by atoms with Gasteiger partial charge in [-0.25, -0.2) is 19.2 Å². The maximum atomic E-state index is 15.0. The lowest BCUT2D eigenvalue weighted by molar-refractivity contribution is 0.00531. The second kappa shape index (κ2) is 25.0. The molecule has 74 heavy (non-hydrogen) atoms. The monoisotopic (exact) mass is 995 g/mol. The van der Waals surface area contributed by atoms with E-state index in [0.717, 1.165) is 24.0 Å². The third kappa shape index (κ3) is 13.8. The van der Waals surface area contributed by atoms with Crippen LogP contribution in [0, 0.1) is 13.8 Å². The van der Waals surface area contributed by atoms with Gasteiger partial charge < -0.3 is 33.3 Å². The molecular formula is C61H57NO12. The smallest absolute Gasteiger partial charge is 0.343 e. The van der Waals surface area contributed by atoms with Crippen LogP contribution in [0.25, 0.3) is 0 Å². The predicted molar refractivity (Wildman–Crippen MR) is 279 cm³/mol. The minimum Gasteiger partial charge on any atom is -0.494 e. The molecule has 7 aromatic carbocycles. The normalized spacial score (nSPS) is 11.6. The van der Waals surface area contributed by atoms with Crippen LogP contribution in [0.2, 0.25) is 0 Å². The van der Waals surface area contributed by atoms with E-state index in [9.17, 15) is 28.8 Å². The lowest BCUT2D eigenvalue weighted by Gasteiger charge is -2.32. The van der Waals surface area contributed by atoms with Gasteiger partial charge in [0.05, 0.1) is 35.9 Å². The van der Waals surface area contributed by atoms with E-state index in [2.05, 4.69) is 0 Å². The molecule has 0 N–H and O–H groups in total. The summed E-state index contributed by atoms with van der Waals surface area (Å²) >= 11 is 0. The summed E-state index contributed by atoms with van der Waals surface area (Å²) in [5.74, 6) is -2.99. The Morgan fingerprint density at radius 1 is 0.486 bits per heavy atom. The van der Waals surface area contributed by atoms with E-state index in [4.69, 9.17) is 28.4 Å². The van der Waals surface area contributed by atoms with Crippen LogP contribution in [0.3, 0.4) is 0 Å². The molecule has 0 aliphatic heterocycles. The molecule has 0 unspecified atom stereocenters. The fourth-order valence-corrected chi connectivity index (χ4v) is 7.65. The number of hydrogen-bond donors (Lipinski definition) is 0. The van der Waals surface area contributed by atoms with Crippen LogP contribution in [0.15, 0.2) is 164 Å². The van der Waals surface area contributed by atoms with Gasteiger partial charge in [-0.05, 0) is 136 Å². The number of esters is 4. The van der Waals surface area contributed by atoms with Gasteiger partial charge in [0, 0.05) is 24.6 Å². The molecule has 13 heteroatoms. The van der Waals surface area contributed by atoms with Crippen molar-refractivity contribution in [3.63, 3.8) is 0 Å². The van der Waals surface area contributed by atoms with Crippen molar-refractivity contribution in [2.24, 2.45) is 0 Å². The third-order valence-electron chi connectivity index (χ3n) is 12.0. The van der Waals surface area contributed by atoms with E-state index < -0.39 is 41.9 Å². The van der Waals surface area contributed by atoms with Crippen molar-refractivity contribution >= 4 is 35.6 Å². The molecule has 7 rings (SSSR count). The molecule has 0 aromatic heterocycles. The molecule has 0 saturated heterocycles. The average molecular weight is 996 g/mol. The van der Waals surface area contributed by atoms with E-state index >= 15 is 0 Å². The Kier molecular flexibility index (Phi) is 17.9. The van der Waals surface area contributed by atoms with Crippen molar-refractivity contribution in [3.8, 4) is 28.7 Å². The lowest BCUT2D eigenvalue weighted by atomic mass is 9.96. The fraction of sp³-hybridized carbons (Fsp3) is 0.213. The van der Waals surface area contributed by atoms with Gasteiger partial charge in [-0.2, -0.15) is 0 Å². The largest absolute Gasteiger partial charge is 0.494 e. The number of benzene rings is 7. The molecule has 0 heterocycles. The third-order valence-corrected chi connectivity index (χ3v) is 12.0. The van der Waals surface area contributed by atoms with E-state index in [0.29, 0.717) is 41.4 Å². The molecular weight excluding hydrogens is 939 g/mol. The molecule has 0 radical (unpaired) electrons. The molecule has 1 amide bonds. The number of carbonyl (C=O) groups is 6. The fourth-order valence-electron chi connectivity index (χ4n) is 7.65. The summed E-state index contributed by atoms with van der Waals surface area (Å²) in [6.45, 7) is 10.5. The van der Waals surface area contributed by atoms with Gasteiger partial charge in [0.2, 0.25) is 0 Å². The summed E-state index contributed by atoms with van der Waals surface area (Å²) in [5, 5.41) is 0. The molecule has 2 atom stereocenters. The number of hydrogen-bond acceptors (Lipinski definition) is 12. The van der Waals surface area contributed by atoms with Crippen molar-refractivity contribution in [2.75, 3.05) is 20.3 Å². The summed E-state index contributed by atoms with van der Waals surface area (Å²) in [4.78, 5) is 85.1. The lowest BCUT2D eigenvalue weighted by Crippen LogP contribution is -2.41. The predicted octanol–water partition coefficient (Wildman–Crippen LogP) is 12.0. The zero-order valence-electron chi connectivity index (χ0n) is 42.1. The second-order valence-corrected chi connectivity index (χ2v) is 17.6. The van der Waals surface area contributed by atoms with Crippen LogP contribution in [0.1, 0.15) is 124 Å². The summed E-state index contributed by atoms with van der Waals surface area (Å²) < 4.78 is 35.0. The highest BCUT2D eigenvalue weighted by molar-refractivity contribution is 6.02. The van der Waals surface area contributed by atoms with Gasteiger partial charge in [0.15, 0.2) is 5.78 Å². The van der Waals surface area contributed by atoms with Crippen molar-refractivity contribution < 1.29 is 57.2 Å². The average Bonchev–Trinajstić information content (AvgIpc) is 3.42. The Labute approximate surface area is 430 Å². The SMILES string of the molecule is CCCOc1ccc(C(=O)Oc2ccc(CC(=O)c3ccc(C)cc3)c(C(=O)N(C)[C@H](C)[C@@H](OC(=O)c3cc(OC(=O)c4ccc(C)cc4)ccc3OC(=O)c3ccc(OCCC)cc3)c3ccccc3)c2)cc1. The Hall–Kier alpha value is -8.84. The van der Waals surface area contributed by atoms with Crippen molar-refractivity contribution in [1.82, 2.24) is 4.90 Å². The molecule has 0 bridgehead atoms. The molecule has 0 fully saturated rings. The summed E-state index contributed by atoms with van der Waals surface area (Å²) in [6, 6.07) is 43.0. The molecule has 0 aliphatic carbocycles. The first-order chi connectivity index (χ1) is 35.7. The zero-order valence-corrected chi connectivity index (χ0v) is 42.1. The van der Waals surface area contributed by atoms with E-state index in [-0.39, 0.29) is 57.3 Å².